The Balaban J connectivity index is 1.32. The number of aromatic nitrogens is 4. The number of tetrazole rings is 1. The fourth-order valence-electron chi connectivity index (χ4n) is 3.61. The van der Waals surface area contributed by atoms with Crippen LogP contribution < -0.4 is 0 Å². The van der Waals surface area contributed by atoms with E-state index in [1.54, 1.807) is 4.68 Å². The zero-order valence-corrected chi connectivity index (χ0v) is 16.6. The summed E-state index contributed by atoms with van der Waals surface area (Å²) in [6.07, 6.45) is 4.77. The molecule has 28 heavy (non-hydrogen) atoms. The summed E-state index contributed by atoms with van der Waals surface area (Å²) >= 11 is 1.45. The number of rotatable bonds is 6. The molecule has 3 aromatic rings. The average molecular weight is 397 g/mol. The van der Waals surface area contributed by atoms with Crippen LogP contribution in [0.2, 0.25) is 0 Å². The molecule has 1 amide bonds. The van der Waals surface area contributed by atoms with E-state index < -0.39 is 0 Å². The highest BCUT2D eigenvalue weighted by Crippen LogP contribution is 2.22. The number of nitrogens with zero attached hydrogens (tertiary/aromatic N) is 6. The highest BCUT2D eigenvalue weighted by atomic mass is 32.1. The van der Waals surface area contributed by atoms with E-state index in [1.807, 2.05) is 16.3 Å². The van der Waals surface area contributed by atoms with Crippen LogP contribution in [0.3, 0.4) is 0 Å². The average Bonchev–Trinajstić information content (AvgIpc) is 3.37. The monoisotopic (exact) mass is 396 g/mol. The Morgan fingerprint density at radius 1 is 1.07 bits per heavy atom. The maximum Gasteiger partial charge on any atom is 0.266 e. The van der Waals surface area contributed by atoms with Gasteiger partial charge in [0.25, 0.3) is 5.91 Å². The molecule has 1 aliphatic heterocycles. The summed E-state index contributed by atoms with van der Waals surface area (Å²) in [7, 11) is 0. The van der Waals surface area contributed by atoms with Gasteiger partial charge in [-0.05, 0) is 59.8 Å². The Kier molecular flexibility index (Phi) is 6.08. The maximum absolute atomic E-state index is 13.1. The van der Waals surface area contributed by atoms with Gasteiger partial charge < -0.3 is 9.80 Å². The largest absolute Gasteiger partial charge is 0.337 e. The molecule has 1 aromatic carbocycles. The molecule has 7 nitrogen and oxygen atoms in total. The predicted octanol–water partition coefficient (Wildman–Crippen LogP) is 2.50. The molecule has 3 heterocycles. The molecule has 146 valence electrons. The quantitative estimate of drug-likeness (QED) is 0.640. The van der Waals surface area contributed by atoms with Crippen molar-refractivity contribution in [2.24, 2.45) is 0 Å². The summed E-state index contributed by atoms with van der Waals surface area (Å²) in [5.74, 6) is 0.0756. The van der Waals surface area contributed by atoms with Gasteiger partial charge in [0.2, 0.25) is 0 Å². The summed E-state index contributed by atoms with van der Waals surface area (Å²) in [5.41, 5.74) is 2.14. The van der Waals surface area contributed by atoms with Crippen LogP contribution in [0, 0.1) is 0 Å². The van der Waals surface area contributed by atoms with Crippen LogP contribution >= 0.6 is 11.3 Å². The number of hydrogen-bond donors (Lipinski definition) is 0. The van der Waals surface area contributed by atoms with Gasteiger partial charge in [-0.1, -0.05) is 30.3 Å². The lowest BCUT2D eigenvalue weighted by Gasteiger charge is -2.22. The molecule has 8 heteroatoms. The molecular formula is C20H24N6OS. The highest BCUT2D eigenvalue weighted by molar-refractivity contribution is 7.12. The van der Waals surface area contributed by atoms with Crippen LogP contribution in [0.4, 0.5) is 0 Å². The van der Waals surface area contributed by atoms with E-state index in [2.05, 4.69) is 50.8 Å². The van der Waals surface area contributed by atoms with Crippen molar-refractivity contribution in [2.45, 2.75) is 19.3 Å². The minimum absolute atomic E-state index is 0.0756. The number of thiophene rings is 1. The summed E-state index contributed by atoms with van der Waals surface area (Å²) < 4.78 is 1.55. The fourth-order valence-corrected chi connectivity index (χ4v) is 4.45. The normalized spacial score (nSPS) is 15.5. The molecule has 0 atom stereocenters. The van der Waals surface area contributed by atoms with Crippen molar-refractivity contribution < 1.29 is 4.79 Å². The lowest BCUT2D eigenvalue weighted by Crippen LogP contribution is -2.35. The van der Waals surface area contributed by atoms with Crippen molar-refractivity contribution in [3.63, 3.8) is 0 Å². The molecule has 0 N–H and O–H groups in total. The van der Waals surface area contributed by atoms with E-state index in [0.717, 1.165) is 57.7 Å². The van der Waals surface area contributed by atoms with E-state index in [4.69, 9.17) is 0 Å². The molecular weight excluding hydrogens is 372 g/mol. The first-order chi connectivity index (χ1) is 13.8. The van der Waals surface area contributed by atoms with Crippen molar-refractivity contribution in [1.29, 1.82) is 0 Å². The van der Waals surface area contributed by atoms with Crippen LogP contribution in [0.15, 0.2) is 48.1 Å². The molecule has 1 aliphatic rings. The fraction of sp³-hybridized carbons (Fsp3) is 0.400. The second kappa shape index (κ2) is 9.07. The van der Waals surface area contributed by atoms with Crippen molar-refractivity contribution in [3.8, 4) is 5.69 Å². The molecule has 1 saturated heterocycles. The number of carbonyl (C=O) groups excluding carboxylic acids is 1. The van der Waals surface area contributed by atoms with Gasteiger partial charge in [-0.15, -0.1) is 16.4 Å². The second-order valence-electron chi connectivity index (χ2n) is 6.97. The summed E-state index contributed by atoms with van der Waals surface area (Å²) in [4.78, 5) is 18.2. The zero-order valence-electron chi connectivity index (χ0n) is 15.8. The van der Waals surface area contributed by atoms with Gasteiger partial charge in [0.15, 0.2) is 0 Å². The Labute approximate surface area is 168 Å². The summed E-state index contributed by atoms with van der Waals surface area (Å²) in [6.45, 7) is 4.60. The summed E-state index contributed by atoms with van der Waals surface area (Å²) in [5, 5.41) is 13.2. The van der Waals surface area contributed by atoms with Crippen molar-refractivity contribution >= 4 is 17.2 Å². The highest BCUT2D eigenvalue weighted by Gasteiger charge is 2.24. The van der Waals surface area contributed by atoms with Crippen LogP contribution in [-0.2, 0) is 6.42 Å². The first-order valence-corrected chi connectivity index (χ1v) is 10.6. The molecule has 2 aromatic heterocycles. The molecule has 0 unspecified atom stereocenters. The minimum atomic E-state index is 0.0756. The first kappa shape index (κ1) is 18.8. The van der Waals surface area contributed by atoms with Gasteiger partial charge in [-0.2, -0.15) is 4.68 Å². The van der Waals surface area contributed by atoms with Crippen LogP contribution in [0.5, 0.6) is 0 Å². The van der Waals surface area contributed by atoms with Gasteiger partial charge in [0.05, 0.1) is 5.69 Å². The Hall–Kier alpha value is -2.58. The molecule has 0 aliphatic carbocycles. The van der Waals surface area contributed by atoms with E-state index >= 15 is 0 Å². The van der Waals surface area contributed by atoms with Crippen molar-refractivity contribution in [3.05, 3.63) is 58.5 Å². The number of benzene rings is 1. The lowest BCUT2D eigenvalue weighted by atomic mass is 10.1. The van der Waals surface area contributed by atoms with Crippen molar-refractivity contribution in [1.82, 2.24) is 30.0 Å². The Morgan fingerprint density at radius 3 is 2.79 bits per heavy atom. The van der Waals surface area contributed by atoms with E-state index in [0.29, 0.717) is 4.88 Å². The zero-order chi connectivity index (χ0) is 19.2. The van der Waals surface area contributed by atoms with Crippen molar-refractivity contribution in [2.75, 3.05) is 32.7 Å². The SMILES string of the molecule is O=C(c1sccc1-n1cnnn1)N1CCCN(CCCc2ccccc2)CC1. The van der Waals surface area contributed by atoms with Gasteiger partial charge >= 0.3 is 0 Å². The maximum atomic E-state index is 13.1. The molecule has 0 saturated carbocycles. The third-order valence-electron chi connectivity index (χ3n) is 5.09. The van der Waals surface area contributed by atoms with Crippen LogP contribution in [0.1, 0.15) is 28.1 Å². The number of hydrogen-bond acceptors (Lipinski definition) is 6. The van der Waals surface area contributed by atoms with E-state index in [1.165, 1.54) is 23.2 Å². The number of aryl methyl sites for hydroxylation is 1. The standard InChI is InChI=1S/C20H24N6OS/c27-20(19-18(9-15-28-19)26-16-21-22-23-26)25-12-5-11-24(13-14-25)10-4-8-17-6-2-1-3-7-17/h1-3,6-7,9,15-16H,4-5,8,10-14H2. The molecule has 0 radical (unpaired) electrons. The lowest BCUT2D eigenvalue weighted by molar-refractivity contribution is 0.0766. The smallest absolute Gasteiger partial charge is 0.266 e. The molecule has 0 bridgehead atoms. The van der Waals surface area contributed by atoms with Crippen LogP contribution in [0.25, 0.3) is 5.69 Å². The third-order valence-corrected chi connectivity index (χ3v) is 5.98. The predicted molar refractivity (Wildman–Crippen MR) is 109 cm³/mol. The van der Waals surface area contributed by atoms with Gasteiger partial charge in [-0.25, -0.2) is 0 Å². The number of amides is 1. The minimum Gasteiger partial charge on any atom is -0.337 e. The van der Waals surface area contributed by atoms with Gasteiger partial charge in [0, 0.05) is 19.6 Å². The van der Waals surface area contributed by atoms with Gasteiger partial charge in [0.1, 0.15) is 11.2 Å². The van der Waals surface area contributed by atoms with Crippen LogP contribution in [-0.4, -0.2) is 68.6 Å². The number of carbonyl (C=O) groups is 1. The Bertz CT molecular complexity index is 879. The molecule has 0 spiro atoms. The third kappa shape index (κ3) is 4.45. The Morgan fingerprint density at radius 2 is 1.96 bits per heavy atom. The van der Waals surface area contributed by atoms with E-state index in [-0.39, 0.29) is 5.91 Å². The molecule has 1 fully saturated rings. The second-order valence-corrected chi connectivity index (χ2v) is 7.88. The summed E-state index contributed by atoms with van der Waals surface area (Å²) in [6, 6.07) is 12.5. The molecule has 4 rings (SSSR count). The van der Waals surface area contributed by atoms with Gasteiger partial charge in [-0.3, -0.25) is 4.79 Å². The van der Waals surface area contributed by atoms with E-state index in [9.17, 15) is 4.79 Å². The topological polar surface area (TPSA) is 67.2 Å². The first-order valence-electron chi connectivity index (χ1n) is 9.67.